The molecule has 2 amide bonds. The van der Waals surface area contributed by atoms with Crippen LogP contribution in [0, 0.1) is 0 Å². The predicted octanol–water partition coefficient (Wildman–Crippen LogP) is 1.49. The first-order valence-electron chi connectivity index (χ1n) is 11.7. The number of ether oxygens (including phenoxy) is 1. The van der Waals surface area contributed by atoms with Crippen molar-refractivity contribution < 1.29 is 14.3 Å². The number of anilines is 2. The van der Waals surface area contributed by atoms with Crippen LogP contribution in [0.4, 0.5) is 16.4 Å². The van der Waals surface area contributed by atoms with Gasteiger partial charge in [-0.15, -0.1) is 10.2 Å². The van der Waals surface area contributed by atoms with Crippen LogP contribution in [-0.4, -0.2) is 51.3 Å². The summed E-state index contributed by atoms with van der Waals surface area (Å²) in [7, 11) is 0. The topological polar surface area (TPSA) is 165 Å². The minimum absolute atomic E-state index is 0.00579. The molecule has 1 saturated heterocycles. The molecular formula is C25H29N9O3. The molecule has 1 atom stereocenters. The van der Waals surface area contributed by atoms with E-state index < -0.39 is 12.0 Å². The van der Waals surface area contributed by atoms with E-state index >= 15 is 0 Å². The quantitative estimate of drug-likeness (QED) is 0.191. The van der Waals surface area contributed by atoms with Crippen molar-refractivity contribution in [1.29, 1.82) is 0 Å². The number of nitrogens with zero attached hydrogens (tertiary/aromatic N) is 5. The highest BCUT2D eigenvalue weighted by atomic mass is 16.5. The molecule has 2 aromatic heterocycles. The van der Waals surface area contributed by atoms with Crippen LogP contribution in [0.5, 0.6) is 0 Å². The minimum Gasteiger partial charge on any atom is -0.444 e. The van der Waals surface area contributed by atoms with Gasteiger partial charge < -0.3 is 25.7 Å². The Bertz CT molecular complexity index is 1210. The Morgan fingerprint density at radius 3 is 2.65 bits per heavy atom. The summed E-state index contributed by atoms with van der Waals surface area (Å²) in [4.78, 5) is 30.5. The molecule has 3 heterocycles. The number of nitrogens with two attached hydrogens (primary N) is 2. The van der Waals surface area contributed by atoms with Gasteiger partial charge in [0.15, 0.2) is 11.6 Å². The van der Waals surface area contributed by atoms with Crippen LogP contribution in [0.3, 0.4) is 0 Å². The first-order valence-corrected chi connectivity index (χ1v) is 11.7. The van der Waals surface area contributed by atoms with Gasteiger partial charge in [-0.1, -0.05) is 36.4 Å². The van der Waals surface area contributed by atoms with Gasteiger partial charge in [0.2, 0.25) is 0 Å². The molecule has 12 heteroatoms. The van der Waals surface area contributed by atoms with Gasteiger partial charge >= 0.3 is 6.09 Å². The third kappa shape index (κ3) is 7.39. The molecule has 1 unspecified atom stereocenters. The van der Waals surface area contributed by atoms with Crippen LogP contribution in [0.25, 0.3) is 0 Å². The van der Waals surface area contributed by atoms with Gasteiger partial charge in [0.05, 0.1) is 18.3 Å². The number of hydrazine groups is 1. The van der Waals surface area contributed by atoms with E-state index in [2.05, 4.69) is 25.8 Å². The second-order valence-corrected chi connectivity index (χ2v) is 8.39. The molecule has 4 rings (SSSR count). The Morgan fingerprint density at radius 2 is 1.92 bits per heavy atom. The smallest absolute Gasteiger partial charge is 0.413 e. The van der Waals surface area contributed by atoms with Crippen molar-refractivity contribution >= 4 is 23.6 Å². The molecule has 0 spiro atoms. The van der Waals surface area contributed by atoms with Gasteiger partial charge in [0.25, 0.3) is 5.91 Å². The highest BCUT2D eigenvalue weighted by molar-refractivity contribution is 5.92. The van der Waals surface area contributed by atoms with Crippen LogP contribution in [0.15, 0.2) is 78.8 Å². The highest BCUT2D eigenvalue weighted by Gasteiger charge is 2.27. The summed E-state index contributed by atoms with van der Waals surface area (Å²) in [5, 5.41) is 15.0. The van der Waals surface area contributed by atoms with Crippen molar-refractivity contribution in [2.24, 2.45) is 11.6 Å². The van der Waals surface area contributed by atoms with Crippen molar-refractivity contribution in [3.8, 4) is 0 Å². The van der Waals surface area contributed by atoms with Gasteiger partial charge in [0, 0.05) is 25.5 Å². The zero-order chi connectivity index (χ0) is 26.0. The normalized spacial score (nSPS) is 15.2. The lowest BCUT2D eigenvalue weighted by atomic mass is 10.2. The van der Waals surface area contributed by atoms with Gasteiger partial charge in [-0.2, -0.15) is 0 Å². The van der Waals surface area contributed by atoms with Gasteiger partial charge in [-0.3, -0.25) is 15.1 Å². The molecule has 37 heavy (non-hydrogen) atoms. The SMILES string of the molecule is N/C(=C\N(N)C1CCN(c2ccc(NC(=O)OCc3ccccc3)nn2)C1)C(=O)NCc1ccccn1. The molecule has 192 valence electrons. The average Bonchev–Trinajstić information content (AvgIpc) is 3.43. The largest absolute Gasteiger partial charge is 0.444 e. The van der Waals surface area contributed by atoms with Crippen LogP contribution in [0.1, 0.15) is 17.7 Å². The first kappa shape index (κ1) is 25.4. The molecule has 0 saturated carbocycles. The minimum atomic E-state index is -0.612. The Morgan fingerprint density at radius 1 is 1.11 bits per heavy atom. The third-order valence-electron chi connectivity index (χ3n) is 5.71. The Labute approximate surface area is 214 Å². The third-order valence-corrected chi connectivity index (χ3v) is 5.71. The maximum absolute atomic E-state index is 12.3. The van der Waals surface area contributed by atoms with Crippen molar-refractivity contribution in [1.82, 2.24) is 25.5 Å². The summed E-state index contributed by atoms with van der Waals surface area (Å²) in [6.07, 6.45) is 3.22. The number of hydrogen-bond donors (Lipinski definition) is 4. The number of benzene rings is 1. The van der Waals surface area contributed by atoms with Crippen LogP contribution >= 0.6 is 0 Å². The van der Waals surface area contributed by atoms with E-state index in [9.17, 15) is 9.59 Å². The van der Waals surface area contributed by atoms with E-state index in [1.807, 2.05) is 47.4 Å². The van der Waals surface area contributed by atoms with E-state index in [4.69, 9.17) is 16.3 Å². The van der Waals surface area contributed by atoms with Gasteiger partial charge in [0.1, 0.15) is 12.3 Å². The van der Waals surface area contributed by atoms with E-state index in [0.29, 0.717) is 18.9 Å². The summed E-state index contributed by atoms with van der Waals surface area (Å²) < 4.78 is 5.19. The fraction of sp³-hybridized carbons (Fsp3) is 0.240. The number of carbonyl (C=O) groups is 2. The number of rotatable bonds is 9. The number of amides is 2. The molecule has 1 fully saturated rings. The fourth-order valence-corrected chi connectivity index (χ4v) is 3.72. The summed E-state index contributed by atoms with van der Waals surface area (Å²) in [6.45, 7) is 1.69. The van der Waals surface area contributed by atoms with Crippen molar-refractivity contribution in [2.75, 3.05) is 23.3 Å². The van der Waals surface area contributed by atoms with Crippen LogP contribution in [-0.2, 0) is 22.7 Å². The highest BCUT2D eigenvalue weighted by Crippen LogP contribution is 2.21. The monoisotopic (exact) mass is 503 g/mol. The summed E-state index contributed by atoms with van der Waals surface area (Å²) in [5.41, 5.74) is 7.55. The summed E-state index contributed by atoms with van der Waals surface area (Å²) >= 11 is 0. The first-order chi connectivity index (χ1) is 18.0. The second kappa shape index (κ2) is 12.3. The molecule has 0 bridgehead atoms. The lowest BCUT2D eigenvalue weighted by molar-refractivity contribution is -0.117. The van der Waals surface area contributed by atoms with Crippen molar-refractivity contribution in [2.45, 2.75) is 25.6 Å². The zero-order valence-corrected chi connectivity index (χ0v) is 20.2. The molecule has 1 aliphatic rings. The van der Waals surface area contributed by atoms with Gasteiger partial charge in [-0.25, -0.2) is 10.6 Å². The Balaban J connectivity index is 1.23. The van der Waals surface area contributed by atoms with E-state index in [-0.39, 0.29) is 30.7 Å². The molecule has 6 N–H and O–H groups in total. The zero-order valence-electron chi connectivity index (χ0n) is 20.2. The van der Waals surface area contributed by atoms with Crippen molar-refractivity contribution in [3.05, 3.63) is 90.0 Å². The van der Waals surface area contributed by atoms with E-state index in [0.717, 1.165) is 17.7 Å². The van der Waals surface area contributed by atoms with E-state index in [1.54, 1.807) is 24.4 Å². The maximum Gasteiger partial charge on any atom is 0.413 e. The molecular weight excluding hydrogens is 474 g/mol. The maximum atomic E-state index is 12.3. The number of hydrogen-bond acceptors (Lipinski definition) is 10. The standard InChI is InChI=1S/C25H29N9O3/c26-21(24(35)29-14-19-8-4-5-12-28-19)16-34(27)20-11-13-33(15-20)23-10-9-22(31-32-23)30-25(36)37-17-18-6-2-1-3-7-18/h1-10,12,16,20H,11,13-15,17,26-27H2,(H,29,35)(H,30,31,36)/b21-16-. The molecule has 0 radical (unpaired) electrons. The Hall–Kier alpha value is -4.71. The van der Waals surface area contributed by atoms with E-state index in [1.165, 1.54) is 11.2 Å². The Kier molecular flexibility index (Phi) is 8.45. The van der Waals surface area contributed by atoms with Gasteiger partial charge in [-0.05, 0) is 36.2 Å². The molecule has 0 aliphatic carbocycles. The molecule has 3 aromatic rings. The van der Waals surface area contributed by atoms with Crippen molar-refractivity contribution in [3.63, 3.8) is 0 Å². The van der Waals surface area contributed by atoms with Crippen LogP contribution < -0.4 is 27.1 Å². The summed E-state index contributed by atoms with van der Waals surface area (Å²) in [5.74, 6) is 6.68. The number of pyridine rings is 1. The summed E-state index contributed by atoms with van der Waals surface area (Å²) in [6, 6.07) is 18.2. The predicted molar refractivity (Wildman–Crippen MR) is 137 cm³/mol. The average molecular weight is 504 g/mol. The second-order valence-electron chi connectivity index (χ2n) is 8.39. The molecule has 1 aromatic carbocycles. The number of aromatic nitrogens is 3. The lowest BCUT2D eigenvalue weighted by Gasteiger charge is -2.23. The number of carbonyl (C=O) groups excluding carboxylic acids is 2. The lowest BCUT2D eigenvalue weighted by Crippen LogP contribution is -2.41. The fourth-order valence-electron chi connectivity index (χ4n) is 3.72. The molecule has 1 aliphatic heterocycles. The van der Waals surface area contributed by atoms with Crippen LogP contribution in [0.2, 0.25) is 0 Å². The number of nitrogens with one attached hydrogen (secondary N) is 2. The molecule has 12 nitrogen and oxygen atoms in total.